The van der Waals surface area contributed by atoms with Gasteiger partial charge in [0.15, 0.2) is 0 Å². The highest BCUT2D eigenvalue weighted by Gasteiger charge is 2.15. The summed E-state index contributed by atoms with van der Waals surface area (Å²) >= 11 is 0. The molecule has 0 radical (unpaired) electrons. The molecule has 0 aliphatic rings. The first-order chi connectivity index (χ1) is 10.6. The Morgan fingerprint density at radius 1 is 1.23 bits per heavy atom. The Bertz CT molecular complexity index is 822. The van der Waals surface area contributed by atoms with Crippen molar-refractivity contribution in [1.82, 2.24) is 9.38 Å². The zero-order chi connectivity index (χ0) is 15.7. The van der Waals surface area contributed by atoms with Crippen LogP contribution in [0.4, 0.5) is 11.5 Å². The van der Waals surface area contributed by atoms with Gasteiger partial charge in [-0.05, 0) is 35.0 Å². The third-order valence-electron chi connectivity index (χ3n) is 3.59. The first kappa shape index (κ1) is 14.2. The van der Waals surface area contributed by atoms with Gasteiger partial charge in [-0.3, -0.25) is 4.40 Å². The van der Waals surface area contributed by atoms with Crippen molar-refractivity contribution >= 4 is 17.2 Å². The lowest BCUT2D eigenvalue weighted by molar-refractivity contribution is 0.282. The standard InChI is InChI=1S/C16H16N4O2/c1-19(2)13-5-3-12(4-6-13)15-16(18-22)20-8-7-11(10-21)9-14(20)17-15/h3-9,21H,10H2,1-2H3. The van der Waals surface area contributed by atoms with Gasteiger partial charge >= 0.3 is 0 Å². The molecule has 0 spiro atoms. The minimum Gasteiger partial charge on any atom is -0.392 e. The summed E-state index contributed by atoms with van der Waals surface area (Å²) in [5.41, 5.74) is 3.76. The van der Waals surface area contributed by atoms with Crippen molar-refractivity contribution in [2.75, 3.05) is 19.0 Å². The Morgan fingerprint density at radius 2 is 1.95 bits per heavy atom. The van der Waals surface area contributed by atoms with Gasteiger partial charge in [0.25, 0.3) is 0 Å². The zero-order valence-electron chi connectivity index (χ0n) is 12.4. The Morgan fingerprint density at radius 3 is 2.55 bits per heavy atom. The van der Waals surface area contributed by atoms with Crippen LogP contribution >= 0.6 is 0 Å². The molecule has 0 atom stereocenters. The van der Waals surface area contributed by atoms with Gasteiger partial charge in [0.2, 0.25) is 5.82 Å². The Kier molecular flexibility index (Phi) is 3.60. The summed E-state index contributed by atoms with van der Waals surface area (Å²) < 4.78 is 1.63. The van der Waals surface area contributed by atoms with E-state index in [0.717, 1.165) is 16.8 Å². The molecule has 0 unspecified atom stereocenters. The second-order valence-corrected chi connectivity index (χ2v) is 5.24. The van der Waals surface area contributed by atoms with Crippen molar-refractivity contribution in [2.24, 2.45) is 5.18 Å². The number of nitroso groups, excluding NO2 is 1. The predicted octanol–water partition coefficient (Wildman–Crippen LogP) is 2.96. The summed E-state index contributed by atoms with van der Waals surface area (Å²) in [7, 11) is 3.93. The summed E-state index contributed by atoms with van der Waals surface area (Å²) in [5, 5.41) is 12.3. The Balaban J connectivity index is 2.15. The lowest BCUT2D eigenvalue weighted by Gasteiger charge is -2.12. The fraction of sp³-hybridized carbons (Fsp3) is 0.188. The third kappa shape index (κ3) is 2.33. The normalized spacial score (nSPS) is 10.9. The zero-order valence-corrected chi connectivity index (χ0v) is 12.4. The van der Waals surface area contributed by atoms with Crippen LogP contribution in [0.3, 0.4) is 0 Å². The number of imidazole rings is 1. The Labute approximate surface area is 127 Å². The van der Waals surface area contributed by atoms with Gasteiger partial charge in [-0.15, -0.1) is 4.91 Å². The fourth-order valence-electron chi connectivity index (χ4n) is 2.37. The summed E-state index contributed by atoms with van der Waals surface area (Å²) in [6.07, 6.45) is 1.70. The molecule has 0 saturated carbocycles. The number of benzene rings is 1. The number of anilines is 1. The van der Waals surface area contributed by atoms with Crippen molar-refractivity contribution in [3.05, 3.63) is 53.1 Å². The fourth-order valence-corrected chi connectivity index (χ4v) is 2.37. The van der Waals surface area contributed by atoms with Crippen LogP contribution in [-0.4, -0.2) is 28.6 Å². The maximum atomic E-state index is 11.2. The molecule has 6 heteroatoms. The summed E-state index contributed by atoms with van der Waals surface area (Å²) in [5.74, 6) is 0.261. The number of rotatable bonds is 4. The summed E-state index contributed by atoms with van der Waals surface area (Å²) in [6.45, 7) is -0.0694. The number of hydrogen-bond donors (Lipinski definition) is 1. The topological polar surface area (TPSA) is 70.2 Å². The van der Waals surface area contributed by atoms with Gasteiger partial charge in [-0.25, -0.2) is 4.98 Å². The van der Waals surface area contributed by atoms with Crippen molar-refractivity contribution in [3.8, 4) is 11.3 Å². The average molecular weight is 296 g/mol. The number of fused-ring (bicyclic) bond motifs is 1. The second kappa shape index (κ2) is 5.57. The number of hydrogen-bond acceptors (Lipinski definition) is 5. The van der Waals surface area contributed by atoms with Gasteiger partial charge in [-0.2, -0.15) is 0 Å². The second-order valence-electron chi connectivity index (χ2n) is 5.24. The van der Waals surface area contributed by atoms with E-state index in [1.165, 1.54) is 0 Å². The number of nitrogens with zero attached hydrogens (tertiary/aromatic N) is 4. The smallest absolute Gasteiger partial charge is 0.209 e. The largest absolute Gasteiger partial charge is 0.392 e. The van der Waals surface area contributed by atoms with E-state index in [1.807, 2.05) is 43.3 Å². The number of pyridine rings is 1. The molecule has 2 heterocycles. The van der Waals surface area contributed by atoms with Gasteiger partial charge < -0.3 is 10.0 Å². The molecule has 3 rings (SSSR count). The lowest BCUT2D eigenvalue weighted by atomic mass is 10.1. The lowest BCUT2D eigenvalue weighted by Crippen LogP contribution is -2.07. The van der Waals surface area contributed by atoms with E-state index in [2.05, 4.69) is 10.2 Å². The van der Waals surface area contributed by atoms with Crippen LogP contribution in [0.1, 0.15) is 5.56 Å². The molecule has 0 saturated heterocycles. The SMILES string of the molecule is CN(C)c1ccc(-c2nc3cc(CO)ccn3c2N=O)cc1. The number of aliphatic hydroxyl groups excluding tert-OH is 1. The highest BCUT2D eigenvalue weighted by atomic mass is 16.3. The van der Waals surface area contributed by atoms with Crippen molar-refractivity contribution < 1.29 is 5.11 Å². The monoisotopic (exact) mass is 296 g/mol. The van der Waals surface area contributed by atoms with E-state index in [1.54, 1.807) is 22.7 Å². The van der Waals surface area contributed by atoms with Crippen LogP contribution in [0.15, 0.2) is 47.8 Å². The van der Waals surface area contributed by atoms with E-state index in [0.29, 0.717) is 11.3 Å². The highest BCUT2D eigenvalue weighted by molar-refractivity contribution is 5.75. The van der Waals surface area contributed by atoms with E-state index < -0.39 is 0 Å². The van der Waals surface area contributed by atoms with E-state index in [-0.39, 0.29) is 12.4 Å². The molecule has 22 heavy (non-hydrogen) atoms. The van der Waals surface area contributed by atoms with E-state index >= 15 is 0 Å². The molecule has 0 aliphatic heterocycles. The van der Waals surface area contributed by atoms with Crippen molar-refractivity contribution in [1.29, 1.82) is 0 Å². The first-order valence-electron chi connectivity index (χ1n) is 6.87. The van der Waals surface area contributed by atoms with Crippen molar-refractivity contribution in [3.63, 3.8) is 0 Å². The molecule has 0 fully saturated rings. The van der Waals surface area contributed by atoms with Crippen LogP contribution in [0.25, 0.3) is 16.9 Å². The van der Waals surface area contributed by atoms with Gasteiger partial charge in [0.1, 0.15) is 11.3 Å². The molecule has 2 aromatic heterocycles. The molecular weight excluding hydrogens is 280 g/mol. The van der Waals surface area contributed by atoms with E-state index in [9.17, 15) is 10.0 Å². The molecule has 0 bridgehead atoms. The number of aromatic nitrogens is 2. The van der Waals surface area contributed by atoms with Gasteiger partial charge in [0.05, 0.1) is 6.61 Å². The maximum absolute atomic E-state index is 11.2. The third-order valence-corrected chi connectivity index (χ3v) is 3.59. The first-order valence-corrected chi connectivity index (χ1v) is 6.87. The highest BCUT2D eigenvalue weighted by Crippen LogP contribution is 2.32. The van der Waals surface area contributed by atoms with Crippen LogP contribution < -0.4 is 4.90 Å². The number of aliphatic hydroxyl groups is 1. The van der Waals surface area contributed by atoms with E-state index in [4.69, 9.17) is 0 Å². The predicted molar refractivity (Wildman–Crippen MR) is 86.3 cm³/mol. The molecule has 0 amide bonds. The van der Waals surface area contributed by atoms with Gasteiger partial charge in [0, 0.05) is 31.5 Å². The minimum absolute atomic E-state index is 0.0694. The molecule has 1 aromatic carbocycles. The van der Waals surface area contributed by atoms with Gasteiger partial charge in [-0.1, -0.05) is 12.1 Å². The quantitative estimate of drug-likeness (QED) is 0.751. The van der Waals surface area contributed by atoms with Crippen molar-refractivity contribution in [2.45, 2.75) is 6.61 Å². The molecule has 112 valence electrons. The Hall–Kier alpha value is -2.73. The molecule has 3 aromatic rings. The minimum atomic E-state index is -0.0694. The van der Waals surface area contributed by atoms with Crippen LogP contribution in [0, 0.1) is 4.91 Å². The van der Waals surface area contributed by atoms with Crippen LogP contribution in [-0.2, 0) is 6.61 Å². The molecule has 1 N–H and O–H groups in total. The summed E-state index contributed by atoms with van der Waals surface area (Å²) in [6, 6.07) is 11.2. The summed E-state index contributed by atoms with van der Waals surface area (Å²) in [4.78, 5) is 17.7. The maximum Gasteiger partial charge on any atom is 0.209 e. The molecular formula is C16H16N4O2. The average Bonchev–Trinajstić information content (AvgIpc) is 2.92. The van der Waals surface area contributed by atoms with Crippen LogP contribution in [0.5, 0.6) is 0 Å². The molecule has 6 nitrogen and oxygen atoms in total. The molecule has 0 aliphatic carbocycles. The van der Waals surface area contributed by atoms with Crippen LogP contribution in [0.2, 0.25) is 0 Å².